The molecule has 0 radical (unpaired) electrons. The van der Waals surface area contributed by atoms with Crippen molar-refractivity contribution in [2.24, 2.45) is 0 Å². The Bertz CT molecular complexity index is 1400. The highest BCUT2D eigenvalue weighted by molar-refractivity contribution is 7.92. The van der Waals surface area contributed by atoms with Crippen LogP contribution in [0.5, 0.6) is 0 Å². The van der Waals surface area contributed by atoms with E-state index in [0.717, 1.165) is 21.7 Å². The number of amides is 1. The molecule has 0 atom stereocenters. The van der Waals surface area contributed by atoms with Gasteiger partial charge in [-0.05, 0) is 67.4 Å². The summed E-state index contributed by atoms with van der Waals surface area (Å²) in [7, 11) is -6.01. The van der Waals surface area contributed by atoms with E-state index in [1.807, 2.05) is 26.0 Å². The summed E-state index contributed by atoms with van der Waals surface area (Å²) in [5.74, 6) is -0.523. The smallest absolute Gasteiger partial charge is 0.261 e. The molecule has 0 bridgehead atoms. The summed E-state index contributed by atoms with van der Waals surface area (Å²) >= 11 is 0. The SMILES string of the molecule is Cc1ccc(C)c(NS(=O)(=O)c2ccc(NC(=O)c3ccccc3N(C)S(C)(=O)=O)cc2)c1. The van der Waals surface area contributed by atoms with E-state index in [9.17, 15) is 21.6 Å². The normalized spacial score (nSPS) is 11.6. The van der Waals surface area contributed by atoms with Crippen LogP contribution in [-0.4, -0.2) is 36.0 Å². The van der Waals surface area contributed by atoms with Crippen molar-refractivity contribution in [1.82, 2.24) is 0 Å². The molecule has 0 aliphatic carbocycles. The molecule has 0 aliphatic rings. The molecule has 1 amide bonds. The molecule has 3 aromatic carbocycles. The van der Waals surface area contributed by atoms with Gasteiger partial charge in [-0.2, -0.15) is 0 Å². The first-order chi connectivity index (χ1) is 15.4. The molecule has 0 fully saturated rings. The standard InChI is InChI=1S/C23H25N3O5S2/c1-16-9-10-17(2)21(15-16)25-33(30,31)19-13-11-18(12-14-19)24-23(27)20-7-5-6-8-22(20)26(3)32(4,28)29/h5-15,25H,1-4H3,(H,24,27). The van der Waals surface area contributed by atoms with Gasteiger partial charge in [0.05, 0.1) is 28.1 Å². The fourth-order valence-electron chi connectivity index (χ4n) is 3.08. The van der Waals surface area contributed by atoms with Crippen LogP contribution in [0.2, 0.25) is 0 Å². The lowest BCUT2D eigenvalue weighted by atomic mass is 10.1. The maximum absolute atomic E-state index is 12.8. The summed E-state index contributed by atoms with van der Waals surface area (Å²) in [6, 6.07) is 17.5. The van der Waals surface area contributed by atoms with Crippen molar-refractivity contribution in [3.8, 4) is 0 Å². The monoisotopic (exact) mass is 487 g/mol. The molecule has 0 heterocycles. The molecule has 0 saturated carbocycles. The van der Waals surface area contributed by atoms with Gasteiger partial charge in [0, 0.05) is 12.7 Å². The number of benzene rings is 3. The Labute approximate surface area is 194 Å². The number of aryl methyl sites for hydroxylation is 2. The molecular weight excluding hydrogens is 462 g/mol. The van der Waals surface area contributed by atoms with Crippen molar-refractivity contribution >= 4 is 43.0 Å². The molecule has 2 N–H and O–H groups in total. The van der Waals surface area contributed by atoms with Gasteiger partial charge in [0.1, 0.15) is 0 Å². The zero-order valence-corrected chi connectivity index (χ0v) is 20.3. The Morgan fingerprint density at radius 1 is 0.879 bits per heavy atom. The Balaban J connectivity index is 1.80. The van der Waals surface area contributed by atoms with Gasteiger partial charge >= 0.3 is 0 Å². The van der Waals surface area contributed by atoms with Crippen LogP contribution in [0.15, 0.2) is 71.6 Å². The first kappa shape index (κ1) is 24.3. The van der Waals surface area contributed by atoms with E-state index in [1.165, 1.54) is 43.4 Å². The minimum Gasteiger partial charge on any atom is -0.322 e. The molecule has 0 saturated heterocycles. The lowest BCUT2D eigenvalue weighted by Crippen LogP contribution is -2.27. The van der Waals surface area contributed by atoms with E-state index in [1.54, 1.807) is 18.2 Å². The highest BCUT2D eigenvalue weighted by Gasteiger charge is 2.20. The van der Waals surface area contributed by atoms with Crippen LogP contribution < -0.4 is 14.3 Å². The quantitative estimate of drug-likeness (QED) is 0.527. The van der Waals surface area contributed by atoms with Crippen molar-refractivity contribution in [2.75, 3.05) is 27.6 Å². The first-order valence-electron chi connectivity index (χ1n) is 9.93. The zero-order valence-electron chi connectivity index (χ0n) is 18.7. The number of anilines is 3. The zero-order chi connectivity index (χ0) is 24.4. The number of para-hydroxylation sites is 1. The van der Waals surface area contributed by atoms with Gasteiger partial charge < -0.3 is 5.32 Å². The Kier molecular flexibility index (Phi) is 6.80. The molecule has 0 aromatic heterocycles. The van der Waals surface area contributed by atoms with Crippen molar-refractivity contribution in [3.05, 3.63) is 83.4 Å². The Morgan fingerprint density at radius 2 is 1.52 bits per heavy atom. The summed E-state index contributed by atoms with van der Waals surface area (Å²) in [6.07, 6.45) is 1.05. The number of nitrogens with one attached hydrogen (secondary N) is 2. The fraction of sp³-hybridized carbons (Fsp3) is 0.174. The van der Waals surface area contributed by atoms with Gasteiger partial charge in [0.25, 0.3) is 15.9 Å². The van der Waals surface area contributed by atoms with Gasteiger partial charge in [-0.3, -0.25) is 13.8 Å². The van der Waals surface area contributed by atoms with E-state index in [0.29, 0.717) is 11.4 Å². The molecule has 174 valence electrons. The minimum absolute atomic E-state index is 0.0404. The number of hydrogen-bond acceptors (Lipinski definition) is 5. The summed E-state index contributed by atoms with van der Waals surface area (Å²) in [5, 5.41) is 2.67. The third-order valence-corrected chi connectivity index (χ3v) is 7.62. The van der Waals surface area contributed by atoms with Gasteiger partial charge in [0.15, 0.2) is 0 Å². The van der Waals surface area contributed by atoms with E-state index < -0.39 is 26.0 Å². The lowest BCUT2D eigenvalue weighted by Gasteiger charge is -2.19. The molecule has 0 spiro atoms. The van der Waals surface area contributed by atoms with Crippen LogP contribution in [-0.2, 0) is 20.0 Å². The number of nitrogens with zero attached hydrogens (tertiary/aromatic N) is 1. The summed E-state index contributed by atoms with van der Waals surface area (Å²) in [5.41, 5.74) is 2.98. The number of rotatable bonds is 7. The number of carbonyl (C=O) groups excluding carboxylic acids is 1. The highest BCUT2D eigenvalue weighted by atomic mass is 32.2. The average Bonchev–Trinajstić information content (AvgIpc) is 2.75. The van der Waals surface area contributed by atoms with Crippen molar-refractivity contribution < 1.29 is 21.6 Å². The average molecular weight is 488 g/mol. The predicted octanol–water partition coefficient (Wildman–Crippen LogP) is 3.75. The van der Waals surface area contributed by atoms with E-state index in [-0.39, 0.29) is 16.1 Å². The number of carbonyl (C=O) groups is 1. The summed E-state index contributed by atoms with van der Waals surface area (Å²) < 4.78 is 53.0. The Morgan fingerprint density at radius 3 is 2.15 bits per heavy atom. The van der Waals surface area contributed by atoms with Crippen molar-refractivity contribution in [3.63, 3.8) is 0 Å². The molecule has 3 aromatic rings. The molecule has 0 unspecified atom stereocenters. The maximum Gasteiger partial charge on any atom is 0.261 e. The van der Waals surface area contributed by atoms with Gasteiger partial charge in [-0.1, -0.05) is 24.3 Å². The third-order valence-electron chi connectivity index (χ3n) is 5.05. The molecule has 8 nitrogen and oxygen atoms in total. The largest absolute Gasteiger partial charge is 0.322 e. The number of sulfonamides is 2. The van der Waals surface area contributed by atoms with Crippen LogP contribution in [0.25, 0.3) is 0 Å². The van der Waals surface area contributed by atoms with Crippen LogP contribution in [0, 0.1) is 13.8 Å². The molecule has 33 heavy (non-hydrogen) atoms. The Hall–Kier alpha value is -3.37. The van der Waals surface area contributed by atoms with Crippen LogP contribution in [0.4, 0.5) is 17.1 Å². The van der Waals surface area contributed by atoms with E-state index in [2.05, 4.69) is 10.0 Å². The van der Waals surface area contributed by atoms with Crippen molar-refractivity contribution in [1.29, 1.82) is 0 Å². The molecule has 10 heteroatoms. The predicted molar refractivity (Wildman–Crippen MR) is 131 cm³/mol. The second-order valence-corrected chi connectivity index (χ2v) is 11.3. The second kappa shape index (κ2) is 9.24. The lowest BCUT2D eigenvalue weighted by molar-refractivity contribution is 0.102. The fourth-order valence-corrected chi connectivity index (χ4v) is 4.72. The van der Waals surface area contributed by atoms with Crippen molar-refractivity contribution in [2.45, 2.75) is 18.7 Å². The number of hydrogen-bond donors (Lipinski definition) is 2. The topological polar surface area (TPSA) is 113 Å². The van der Waals surface area contributed by atoms with Gasteiger partial charge in [-0.15, -0.1) is 0 Å². The minimum atomic E-state index is -3.82. The second-order valence-electron chi connectivity index (χ2n) is 7.65. The van der Waals surface area contributed by atoms with E-state index in [4.69, 9.17) is 0 Å². The molecule has 3 rings (SSSR count). The molecule has 0 aliphatic heterocycles. The summed E-state index contributed by atoms with van der Waals surface area (Å²) in [6.45, 7) is 3.69. The van der Waals surface area contributed by atoms with E-state index >= 15 is 0 Å². The summed E-state index contributed by atoms with van der Waals surface area (Å²) in [4.78, 5) is 12.8. The van der Waals surface area contributed by atoms with Gasteiger partial charge in [0.2, 0.25) is 10.0 Å². The highest BCUT2D eigenvalue weighted by Crippen LogP contribution is 2.24. The van der Waals surface area contributed by atoms with Crippen LogP contribution >= 0.6 is 0 Å². The van der Waals surface area contributed by atoms with Gasteiger partial charge in [-0.25, -0.2) is 16.8 Å². The third kappa shape index (κ3) is 5.71. The maximum atomic E-state index is 12.8. The first-order valence-corrected chi connectivity index (χ1v) is 13.3. The molecular formula is C23H25N3O5S2. The van der Waals surface area contributed by atoms with Crippen LogP contribution in [0.3, 0.4) is 0 Å². The van der Waals surface area contributed by atoms with Crippen LogP contribution in [0.1, 0.15) is 21.5 Å².